The Balaban J connectivity index is 2.63. The highest BCUT2D eigenvalue weighted by molar-refractivity contribution is 7.26. The van der Waals surface area contributed by atoms with Gasteiger partial charge in [0.05, 0.1) is 0 Å². The molecule has 1 aromatic heterocycles. The van der Waals surface area contributed by atoms with Crippen LogP contribution in [0.2, 0.25) is 0 Å². The molecule has 0 aliphatic carbocycles. The van der Waals surface area contributed by atoms with Crippen molar-refractivity contribution in [1.29, 1.82) is 0 Å². The number of fused-ring (bicyclic) bond motifs is 3. The summed E-state index contributed by atoms with van der Waals surface area (Å²) in [7, 11) is 0. The summed E-state index contributed by atoms with van der Waals surface area (Å²) >= 11 is 1.66. The van der Waals surface area contributed by atoms with Gasteiger partial charge in [-0.05, 0) is 11.1 Å². The fourth-order valence-electron chi connectivity index (χ4n) is 1.86. The van der Waals surface area contributed by atoms with Crippen LogP contribution in [0, 0.1) is 13.8 Å². The molecule has 3 rings (SSSR count). The highest BCUT2D eigenvalue weighted by atomic mass is 32.1. The van der Waals surface area contributed by atoms with Gasteiger partial charge in [0, 0.05) is 34.0 Å². The third-order valence-corrected chi connectivity index (χ3v) is 3.90. The van der Waals surface area contributed by atoms with E-state index in [0.29, 0.717) is 0 Å². The fraction of sp³-hybridized carbons (Fsp3) is 0. The van der Waals surface area contributed by atoms with Gasteiger partial charge in [-0.2, -0.15) is 0 Å². The predicted octanol–water partition coefficient (Wildman–Crippen LogP) is 4.17. The molecule has 0 aliphatic heterocycles. The van der Waals surface area contributed by atoms with Crippen molar-refractivity contribution in [2.24, 2.45) is 0 Å². The predicted molar refractivity (Wildman–Crippen MR) is 66.1 cm³/mol. The van der Waals surface area contributed by atoms with Crippen LogP contribution in [0.3, 0.4) is 0 Å². The van der Waals surface area contributed by atoms with Gasteiger partial charge in [-0.25, -0.2) is 0 Å². The number of hydrogen-bond donors (Lipinski definition) is 0. The van der Waals surface area contributed by atoms with E-state index in [1.54, 1.807) is 11.3 Å². The highest BCUT2D eigenvalue weighted by Crippen LogP contribution is 2.36. The quantitative estimate of drug-likeness (QED) is 0.520. The summed E-state index contributed by atoms with van der Waals surface area (Å²) < 4.78 is 2.26. The van der Waals surface area contributed by atoms with Gasteiger partial charge in [0.15, 0.2) is 0 Å². The van der Waals surface area contributed by atoms with E-state index in [0.717, 1.165) is 20.5 Å². The summed E-state index contributed by atoms with van der Waals surface area (Å²) in [6.45, 7) is 11.9. The lowest BCUT2D eigenvalue weighted by Gasteiger charge is -1.94. The first-order valence-electron chi connectivity index (χ1n) is 4.72. The summed E-state index contributed by atoms with van der Waals surface area (Å²) in [6, 6.07) is 12.0. The second kappa shape index (κ2) is 3.07. The monoisotopic (exact) mass is 208 g/mol. The molecule has 0 bridgehead atoms. The van der Waals surface area contributed by atoms with E-state index in [1.807, 2.05) is 24.3 Å². The first kappa shape index (κ1) is 8.93. The zero-order chi connectivity index (χ0) is 10.4. The SMILES string of the molecule is [CH]c1cccc2c1sc1c([CH])cccc12. The summed E-state index contributed by atoms with van der Waals surface area (Å²) in [6.07, 6.45) is 0. The number of thiophene rings is 1. The number of rotatable bonds is 0. The lowest BCUT2D eigenvalue weighted by Crippen LogP contribution is -1.71. The molecule has 1 heterocycles. The molecular formula is C14H8S. The van der Waals surface area contributed by atoms with Crippen molar-refractivity contribution in [2.75, 3.05) is 0 Å². The van der Waals surface area contributed by atoms with E-state index in [9.17, 15) is 0 Å². The number of benzene rings is 2. The Hall–Kier alpha value is -1.34. The van der Waals surface area contributed by atoms with Crippen molar-refractivity contribution in [3.05, 3.63) is 61.4 Å². The molecule has 70 valence electrons. The van der Waals surface area contributed by atoms with Crippen molar-refractivity contribution < 1.29 is 0 Å². The van der Waals surface area contributed by atoms with E-state index >= 15 is 0 Å². The third kappa shape index (κ3) is 1.20. The Morgan fingerprint density at radius 3 is 1.67 bits per heavy atom. The van der Waals surface area contributed by atoms with Gasteiger partial charge in [-0.3, -0.25) is 0 Å². The summed E-state index contributed by atoms with van der Waals surface area (Å²) in [5.41, 5.74) is 1.65. The van der Waals surface area contributed by atoms with Crippen LogP contribution >= 0.6 is 11.3 Å². The maximum Gasteiger partial charge on any atom is 0.0390 e. The van der Waals surface area contributed by atoms with Gasteiger partial charge in [-0.15, -0.1) is 11.3 Å². The van der Waals surface area contributed by atoms with Crippen LogP contribution in [-0.4, -0.2) is 0 Å². The molecule has 0 amide bonds. The first-order valence-corrected chi connectivity index (χ1v) is 5.54. The Morgan fingerprint density at radius 2 is 1.20 bits per heavy atom. The normalized spacial score (nSPS) is 11.3. The van der Waals surface area contributed by atoms with Crippen LogP contribution in [0.1, 0.15) is 11.1 Å². The van der Waals surface area contributed by atoms with Crippen LogP contribution in [0.25, 0.3) is 20.2 Å². The van der Waals surface area contributed by atoms with Crippen molar-refractivity contribution >= 4 is 31.5 Å². The van der Waals surface area contributed by atoms with E-state index in [4.69, 9.17) is 13.8 Å². The number of hydrogen-bond acceptors (Lipinski definition) is 1. The molecule has 0 fully saturated rings. The maximum absolute atomic E-state index is 5.94. The molecule has 0 nitrogen and oxygen atoms in total. The molecule has 0 N–H and O–H groups in total. The van der Waals surface area contributed by atoms with E-state index in [1.165, 1.54) is 10.8 Å². The molecule has 1 heteroatoms. The van der Waals surface area contributed by atoms with Gasteiger partial charge in [0.2, 0.25) is 0 Å². The highest BCUT2D eigenvalue weighted by Gasteiger charge is 2.07. The average molecular weight is 208 g/mol. The van der Waals surface area contributed by atoms with Crippen molar-refractivity contribution in [2.45, 2.75) is 0 Å². The second-order valence-corrected chi connectivity index (χ2v) is 4.57. The minimum Gasteiger partial charge on any atom is -0.135 e. The first-order chi connectivity index (χ1) is 7.27. The van der Waals surface area contributed by atoms with Gasteiger partial charge < -0.3 is 0 Å². The topological polar surface area (TPSA) is 0 Å². The van der Waals surface area contributed by atoms with Crippen molar-refractivity contribution in [1.82, 2.24) is 0 Å². The molecule has 0 saturated heterocycles. The van der Waals surface area contributed by atoms with Crippen LogP contribution < -0.4 is 0 Å². The van der Waals surface area contributed by atoms with Gasteiger partial charge in [-0.1, -0.05) is 36.4 Å². The summed E-state index contributed by atoms with van der Waals surface area (Å²) in [5, 5.41) is 2.39. The van der Waals surface area contributed by atoms with Crippen LogP contribution in [0.15, 0.2) is 36.4 Å². The smallest absolute Gasteiger partial charge is 0.0390 e. The Bertz CT molecular complexity index is 591. The lowest BCUT2D eigenvalue weighted by atomic mass is 10.1. The standard InChI is InChI=1S/C14H8S/c1-9-5-3-7-11-12-8-4-6-10(2)14(12)15-13(9)11/h1-8H. The van der Waals surface area contributed by atoms with Gasteiger partial charge in [0.1, 0.15) is 0 Å². The van der Waals surface area contributed by atoms with E-state index in [-0.39, 0.29) is 0 Å². The molecule has 3 aromatic rings. The molecule has 0 atom stereocenters. The van der Waals surface area contributed by atoms with Gasteiger partial charge >= 0.3 is 0 Å². The summed E-state index contributed by atoms with van der Waals surface area (Å²) in [5.74, 6) is 0. The average Bonchev–Trinajstić information content (AvgIpc) is 2.60. The molecule has 0 saturated carbocycles. The molecule has 2 aromatic carbocycles. The Labute approximate surface area is 93.2 Å². The van der Waals surface area contributed by atoms with Crippen LogP contribution in [0.4, 0.5) is 0 Å². The van der Waals surface area contributed by atoms with Crippen molar-refractivity contribution in [3.8, 4) is 0 Å². The fourth-order valence-corrected chi connectivity index (χ4v) is 3.02. The zero-order valence-corrected chi connectivity index (χ0v) is 8.84. The van der Waals surface area contributed by atoms with E-state index in [2.05, 4.69) is 12.1 Å². The lowest BCUT2D eigenvalue weighted by molar-refractivity contribution is 1.73. The van der Waals surface area contributed by atoms with E-state index < -0.39 is 0 Å². The maximum atomic E-state index is 5.94. The Kier molecular flexibility index (Phi) is 1.83. The zero-order valence-electron chi connectivity index (χ0n) is 8.03. The minimum atomic E-state index is 0.827. The molecule has 0 unspecified atom stereocenters. The minimum absolute atomic E-state index is 0.827. The third-order valence-electron chi connectivity index (χ3n) is 2.59. The van der Waals surface area contributed by atoms with Crippen molar-refractivity contribution in [3.63, 3.8) is 0 Å². The second-order valence-electron chi connectivity index (χ2n) is 3.55. The van der Waals surface area contributed by atoms with Gasteiger partial charge in [0.25, 0.3) is 0 Å². The molecule has 4 radical (unpaired) electrons. The molecule has 15 heavy (non-hydrogen) atoms. The molecular weight excluding hydrogens is 200 g/mol. The Morgan fingerprint density at radius 1 is 0.733 bits per heavy atom. The molecule has 0 spiro atoms. The molecule has 0 aliphatic rings. The van der Waals surface area contributed by atoms with Crippen LogP contribution in [-0.2, 0) is 0 Å². The summed E-state index contributed by atoms with van der Waals surface area (Å²) in [4.78, 5) is 0. The largest absolute Gasteiger partial charge is 0.135 e. The van der Waals surface area contributed by atoms with Crippen LogP contribution in [0.5, 0.6) is 0 Å².